The van der Waals surface area contributed by atoms with Crippen molar-refractivity contribution in [3.8, 4) is 0 Å². The molecule has 0 aliphatic carbocycles. The van der Waals surface area contributed by atoms with Gasteiger partial charge < -0.3 is 10.2 Å². The highest BCUT2D eigenvalue weighted by atomic mass is 19.1. The summed E-state index contributed by atoms with van der Waals surface area (Å²) in [4.78, 5) is 25.8. The van der Waals surface area contributed by atoms with Crippen LogP contribution in [0.2, 0.25) is 0 Å². The van der Waals surface area contributed by atoms with E-state index in [1.165, 1.54) is 29.2 Å². The van der Waals surface area contributed by atoms with Crippen molar-refractivity contribution in [2.24, 2.45) is 0 Å². The molecule has 2 aromatic carbocycles. The molecule has 0 bridgehead atoms. The molecule has 2 aromatic rings. The number of halogens is 1. The summed E-state index contributed by atoms with van der Waals surface area (Å²) < 4.78 is 12.8. The number of aryl methyl sites for hydroxylation is 1. The average Bonchev–Trinajstić information content (AvgIpc) is 2.50. The lowest BCUT2D eigenvalue weighted by Crippen LogP contribution is -2.39. The summed E-state index contributed by atoms with van der Waals surface area (Å²) in [6.45, 7) is 4.09. The number of nitrogens with one attached hydrogen (secondary N) is 1. The minimum atomic E-state index is -0.755. The summed E-state index contributed by atoms with van der Waals surface area (Å²) in [6, 6.07) is 12.6. The zero-order valence-corrected chi connectivity index (χ0v) is 12.5. The highest BCUT2D eigenvalue weighted by Gasteiger charge is 2.22. The summed E-state index contributed by atoms with van der Waals surface area (Å²) in [5, 5.41) is 2.47. The molecular weight excluding hydrogens is 283 g/mol. The minimum Gasteiger partial charge on any atom is -0.318 e. The molecule has 114 valence electrons. The lowest BCUT2D eigenvalue weighted by atomic mass is 10.2. The second-order valence-corrected chi connectivity index (χ2v) is 4.85. The van der Waals surface area contributed by atoms with Crippen molar-refractivity contribution in [1.29, 1.82) is 0 Å². The third kappa shape index (κ3) is 3.69. The summed E-state index contributed by atoms with van der Waals surface area (Å²) in [7, 11) is 0. The number of benzene rings is 2. The van der Waals surface area contributed by atoms with E-state index in [0.29, 0.717) is 17.9 Å². The van der Waals surface area contributed by atoms with Crippen molar-refractivity contribution in [3.05, 3.63) is 59.9 Å². The van der Waals surface area contributed by atoms with Gasteiger partial charge in [-0.25, -0.2) is 4.39 Å². The summed E-state index contributed by atoms with van der Waals surface area (Å²) in [5.74, 6) is -1.81. The fourth-order valence-electron chi connectivity index (χ4n) is 2.08. The van der Waals surface area contributed by atoms with E-state index in [0.717, 1.165) is 5.56 Å². The van der Waals surface area contributed by atoms with E-state index in [9.17, 15) is 14.0 Å². The van der Waals surface area contributed by atoms with E-state index in [4.69, 9.17) is 0 Å². The van der Waals surface area contributed by atoms with Crippen molar-refractivity contribution >= 4 is 23.2 Å². The summed E-state index contributed by atoms with van der Waals surface area (Å²) >= 11 is 0. The van der Waals surface area contributed by atoms with Gasteiger partial charge >= 0.3 is 11.8 Å². The smallest absolute Gasteiger partial charge is 0.316 e. The molecule has 0 aliphatic rings. The van der Waals surface area contributed by atoms with Crippen LogP contribution < -0.4 is 10.2 Å². The fraction of sp³-hybridized carbons (Fsp3) is 0.176. The second kappa shape index (κ2) is 6.85. The monoisotopic (exact) mass is 300 g/mol. The van der Waals surface area contributed by atoms with Crippen LogP contribution in [0.3, 0.4) is 0 Å². The number of nitrogens with zero attached hydrogens (tertiary/aromatic N) is 1. The molecule has 4 nitrogen and oxygen atoms in total. The van der Waals surface area contributed by atoms with Crippen LogP contribution in [0.4, 0.5) is 15.8 Å². The Balaban J connectivity index is 2.14. The summed E-state index contributed by atoms with van der Waals surface area (Å²) in [6.07, 6.45) is 0. The number of hydrogen-bond acceptors (Lipinski definition) is 2. The van der Waals surface area contributed by atoms with Crippen LogP contribution >= 0.6 is 0 Å². The third-order valence-electron chi connectivity index (χ3n) is 3.17. The first-order valence-electron chi connectivity index (χ1n) is 6.96. The van der Waals surface area contributed by atoms with Gasteiger partial charge in [-0.3, -0.25) is 9.59 Å². The molecule has 0 fully saturated rings. The highest BCUT2D eigenvalue weighted by Crippen LogP contribution is 2.16. The van der Waals surface area contributed by atoms with E-state index < -0.39 is 17.6 Å². The molecule has 0 radical (unpaired) electrons. The predicted molar refractivity (Wildman–Crippen MR) is 84.2 cm³/mol. The van der Waals surface area contributed by atoms with Crippen LogP contribution in [-0.4, -0.2) is 18.4 Å². The predicted octanol–water partition coefficient (Wildman–Crippen LogP) is 3.13. The zero-order valence-electron chi connectivity index (χ0n) is 12.5. The average molecular weight is 300 g/mol. The lowest BCUT2D eigenvalue weighted by molar-refractivity contribution is -0.134. The molecule has 0 aromatic heterocycles. The fourth-order valence-corrected chi connectivity index (χ4v) is 2.08. The molecule has 0 saturated carbocycles. The molecule has 5 heteroatoms. The Labute approximate surface area is 128 Å². The summed E-state index contributed by atoms with van der Waals surface area (Å²) in [5.41, 5.74) is 2.05. The Kier molecular flexibility index (Phi) is 4.88. The molecule has 0 spiro atoms. The van der Waals surface area contributed by atoms with Crippen LogP contribution in [0.15, 0.2) is 48.5 Å². The molecular formula is C17H17FN2O2. The van der Waals surface area contributed by atoms with Crippen LogP contribution in [0.5, 0.6) is 0 Å². The Morgan fingerprint density at radius 3 is 2.41 bits per heavy atom. The molecule has 0 heterocycles. The molecule has 0 saturated heterocycles. The second-order valence-electron chi connectivity index (χ2n) is 4.85. The Hall–Kier alpha value is -2.69. The number of carbonyl (C=O) groups excluding carboxylic acids is 2. The number of carbonyl (C=O) groups is 2. The molecule has 2 rings (SSSR count). The van der Waals surface area contributed by atoms with E-state index in [1.54, 1.807) is 13.0 Å². The first-order valence-corrected chi connectivity index (χ1v) is 6.96. The van der Waals surface area contributed by atoms with Gasteiger partial charge in [0.1, 0.15) is 5.82 Å². The topological polar surface area (TPSA) is 49.4 Å². The number of hydrogen-bond donors (Lipinski definition) is 1. The molecule has 0 atom stereocenters. The van der Waals surface area contributed by atoms with E-state index >= 15 is 0 Å². The first-order chi connectivity index (χ1) is 10.5. The largest absolute Gasteiger partial charge is 0.318 e. The third-order valence-corrected chi connectivity index (χ3v) is 3.17. The van der Waals surface area contributed by atoms with Crippen molar-refractivity contribution in [1.82, 2.24) is 0 Å². The number of likely N-dealkylation sites (N-methyl/N-ethyl adjacent to an activating group) is 1. The van der Waals surface area contributed by atoms with Gasteiger partial charge in [0.05, 0.1) is 0 Å². The molecule has 22 heavy (non-hydrogen) atoms. The van der Waals surface area contributed by atoms with Gasteiger partial charge in [-0.05, 0) is 55.8 Å². The lowest BCUT2D eigenvalue weighted by Gasteiger charge is -2.20. The highest BCUT2D eigenvalue weighted by molar-refractivity contribution is 6.44. The quantitative estimate of drug-likeness (QED) is 0.885. The molecule has 1 N–H and O–H groups in total. The van der Waals surface area contributed by atoms with Gasteiger partial charge in [-0.1, -0.05) is 12.1 Å². The van der Waals surface area contributed by atoms with Crippen molar-refractivity contribution < 1.29 is 14.0 Å². The van der Waals surface area contributed by atoms with E-state index in [1.807, 2.05) is 25.1 Å². The first kappa shape index (κ1) is 15.7. The van der Waals surface area contributed by atoms with Gasteiger partial charge in [-0.2, -0.15) is 0 Å². The van der Waals surface area contributed by atoms with Gasteiger partial charge in [0.25, 0.3) is 0 Å². The standard InChI is InChI=1S/C17H17FN2O2/c1-3-20(15-6-4-5-12(2)11-15)17(22)16(21)19-14-9-7-13(18)8-10-14/h4-11H,3H2,1-2H3,(H,19,21). The van der Waals surface area contributed by atoms with Gasteiger partial charge in [0.15, 0.2) is 0 Å². The zero-order chi connectivity index (χ0) is 16.1. The molecule has 0 unspecified atom stereocenters. The van der Waals surface area contributed by atoms with Gasteiger partial charge in [-0.15, -0.1) is 0 Å². The van der Waals surface area contributed by atoms with Gasteiger partial charge in [0.2, 0.25) is 0 Å². The van der Waals surface area contributed by atoms with Crippen LogP contribution in [0, 0.1) is 12.7 Å². The Morgan fingerprint density at radius 1 is 1.14 bits per heavy atom. The van der Waals surface area contributed by atoms with E-state index in [-0.39, 0.29) is 0 Å². The maximum Gasteiger partial charge on any atom is 0.316 e. The maximum absolute atomic E-state index is 12.8. The normalized spacial score (nSPS) is 10.1. The Bertz CT molecular complexity index is 683. The van der Waals surface area contributed by atoms with Crippen LogP contribution in [0.25, 0.3) is 0 Å². The number of anilines is 2. The number of rotatable bonds is 3. The number of amides is 2. The van der Waals surface area contributed by atoms with Crippen molar-refractivity contribution in [3.63, 3.8) is 0 Å². The van der Waals surface area contributed by atoms with Crippen LogP contribution in [0.1, 0.15) is 12.5 Å². The van der Waals surface area contributed by atoms with Crippen LogP contribution in [-0.2, 0) is 9.59 Å². The molecule has 2 amide bonds. The SMILES string of the molecule is CCN(C(=O)C(=O)Nc1ccc(F)cc1)c1cccc(C)c1. The minimum absolute atomic E-state index is 0.374. The maximum atomic E-state index is 12.8. The molecule has 0 aliphatic heterocycles. The van der Waals surface area contributed by atoms with E-state index in [2.05, 4.69) is 5.32 Å². The Morgan fingerprint density at radius 2 is 1.82 bits per heavy atom. The van der Waals surface area contributed by atoms with Gasteiger partial charge in [0, 0.05) is 17.9 Å². The van der Waals surface area contributed by atoms with Crippen molar-refractivity contribution in [2.75, 3.05) is 16.8 Å². The van der Waals surface area contributed by atoms with Crippen molar-refractivity contribution in [2.45, 2.75) is 13.8 Å².